The fraction of sp³-hybridized carbons (Fsp3) is 1.00. The van der Waals surface area contributed by atoms with Gasteiger partial charge in [0.1, 0.15) is 0 Å². The predicted octanol–water partition coefficient (Wildman–Crippen LogP) is 3.16. The highest BCUT2D eigenvalue weighted by Gasteiger charge is 2.50. The molecule has 0 bridgehead atoms. The maximum absolute atomic E-state index is 11.1. The van der Waals surface area contributed by atoms with Crippen molar-refractivity contribution in [3.05, 3.63) is 0 Å². The van der Waals surface area contributed by atoms with Crippen molar-refractivity contribution < 1.29 is 43.9 Å². The van der Waals surface area contributed by atoms with Gasteiger partial charge in [-0.25, -0.2) is 0 Å². The first kappa shape index (κ1) is 33.4. The smallest absolute Gasteiger partial charge is 0.323 e. The molecular weight excluding hydrogens is 577 g/mol. The number of rotatable bonds is 0. The Morgan fingerprint density at radius 2 is 0.471 bits per heavy atom. The maximum Gasteiger partial charge on any atom is 0.323 e. The van der Waals surface area contributed by atoms with E-state index in [-0.39, 0.29) is 0 Å². The fourth-order valence-corrected chi connectivity index (χ4v) is 42.2. The van der Waals surface area contributed by atoms with Crippen LogP contribution in [0, 0.1) is 0 Å². The van der Waals surface area contributed by atoms with Crippen LogP contribution in [0.2, 0.25) is 103 Å². The molecule has 0 aromatic heterocycles. The monoisotopic (exact) mass is 624 g/mol. The molecule has 0 spiro atoms. The molecule has 1 heterocycles. The van der Waals surface area contributed by atoms with Crippen molar-refractivity contribution in [1.82, 2.24) is 0 Å². The minimum Gasteiger partial charge on any atom is -0.416 e. The molecule has 1 saturated heterocycles. The molecule has 0 radical (unpaired) electrons. The second-order valence-corrected chi connectivity index (χ2v) is 39.4. The van der Waals surface area contributed by atoms with E-state index in [2.05, 4.69) is 0 Å². The van der Waals surface area contributed by atoms with Crippen LogP contribution in [0.25, 0.3) is 0 Å². The Bertz CT molecular complexity index is 585. The van der Waals surface area contributed by atoms with Gasteiger partial charge in [0.05, 0.1) is 0 Å². The van der Waals surface area contributed by atoms with E-state index in [0.717, 1.165) is 0 Å². The topological polar surface area (TPSA) is 136 Å². The van der Waals surface area contributed by atoms with E-state index in [0.29, 0.717) is 24.2 Å². The van der Waals surface area contributed by atoms with E-state index in [1.54, 1.807) is 26.2 Å². The van der Waals surface area contributed by atoms with Gasteiger partial charge in [0.25, 0.3) is 0 Å². The van der Waals surface area contributed by atoms with Crippen LogP contribution in [0.15, 0.2) is 0 Å². The summed E-state index contributed by atoms with van der Waals surface area (Å²) in [5.74, 6) is 0. The summed E-state index contributed by atoms with van der Waals surface area (Å²) >= 11 is 0. The summed E-state index contributed by atoms with van der Waals surface area (Å²) in [7, 11) is -24.0. The summed E-state index contributed by atoms with van der Waals surface area (Å²) in [6.07, 6.45) is 0. The van der Waals surface area contributed by atoms with E-state index in [1.807, 2.05) is 52.4 Å². The molecule has 1 aliphatic rings. The molecule has 1 rings (SSSR count). The van der Waals surface area contributed by atoms with Crippen molar-refractivity contribution in [2.45, 2.75) is 103 Å². The van der Waals surface area contributed by atoms with Crippen molar-refractivity contribution >= 4 is 68.5 Å². The Hall–Kier alpha value is 1.34. The van der Waals surface area contributed by atoms with Crippen molar-refractivity contribution in [2.24, 2.45) is 0 Å². The third-order valence-corrected chi connectivity index (χ3v) is 33.4. The van der Waals surface area contributed by atoms with Gasteiger partial charge in [-0.3, -0.25) is 0 Å². The Morgan fingerprint density at radius 1 is 0.324 bits per heavy atom. The lowest BCUT2D eigenvalue weighted by atomic mass is 10.9. The second kappa shape index (κ2) is 10.8. The van der Waals surface area contributed by atoms with E-state index >= 15 is 0 Å². The highest BCUT2D eigenvalue weighted by atomic mass is 28.5. The van der Waals surface area contributed by atoms with Crippen LogP contribution in [0.3, 0.4) is 0 Å². The second-order valence-electron chi connectivity index (χ2n) is 11.9. The van der Waals surface area contributed by atoms with Crippen LogP contribution in [0.1, 0.15) is 0 Å². The van der Waals surface area contributed by atoms with Crippen LogP contribution in [-0.4, -0.2) is 87.7 Å². The summed E-state index contributed by atoms with van der Waals surface area (Å²) < 4.78 is 37.3. The Balaban J connectivity index is 3.29. The van der Waals surface area contributed by atoms with E-state index in [1.165, 1.54) is 0 Å². The molecule has 4 N–H and O–H groups in total. The predicted molar refractivity (Wildman–Crippen MR) is 151 cm³/mol. The molecule has 0 saturated carbocycles. The summed E-state index contributed by atoms with van der Waals surface area (Å²) in [5.41, 5.74) is 0. The van der Waals surface area contributed by atoms with Crippen molar-refractivity contribution in [2.75, 3.05) is 0 Å². The zero-order valence-electron chi connectivity index (χ0n) is 23.1. The minimum atomic E-state index is -3.17. The zero-order chi connectivity index (χ0) is 27.1. The van der Waals surface area contributed by atoms with E-state index in [9.17, 15) is 19.2 Å². The molecule has 0 aromatic rings. The van der Waals surface area contributed by atoms with Crippen LogP contribution in [0.5, 0.6) is 0 Å². The number of hydrogen-bond donors (Lipinski definition) is 4. The molecule has 10 nitrogen and oxygen atoms in total. The van der Waals surface area contributed by atoms with Gasteiger partial charge in [0.15, 0.2) is 0 Å². The maximum atomic E-state index is 11.1. The standard InChI is InChI=1S/C16H48O10Si8/c1-27(2)21-28(3,4)24-32(10,18)15-16-34(12,20)26-30(7,8)22-29(5,6)25-33(11,19)14-13-31(9,17)23-27/h17-20H,13-16H2,1-12H3. The van der Waals surface area contributed by atoms with E-state index in [4.69, 9.17) is 24.7 Å². The molecule has 4 atom stereocenters. The van der Waals surface area contributed by atoms with Crippen molar-refractivity contribution in [3.63, 3.8) is 0 Å². The zero-order valence-corrected chi connectivity index (χ0v) is 31.1. The van der Waals surface area contributed by atoms with E-state index < -0.39 is 68.5 Å². The van der Waals surface area contributed by atoms with Crippen LogP contribution < -0.4 is 0 Å². The van der Waals surface area contributed by atoms with Gasteiger partial charge in [-0.1, -0.05) is 0 Å². The molecule has 1 fully saturated rings. The van der Waals surface area contributed by atoms with Gasteiger partial charge < -0.3 is 43.9 Å². The SMILES string of the molecule is C[Si]1(O)CC[Si](C)(O)O[Si](C)(C)O[Si](C)(C)O[Si](C)(O)CC[Si](C)(O)O[Si](C)(C)O[Si](C)(C)O1. The first-order valence-corrected chi connectivity index (χ1v) is 33.3. The van der Waals surface area contributed by atoms with Crippen LogP contribution in [-0.2, 0) is 24.7 Å². The average molecular weight is 625 g/mol. The molecule has 4 unspecified atom stereocenters. The van der Waals surface area contributed by atoms with Gasteiger partial charge in [-0.05, 0) is 103 Å². The molecule has 1 aliphatic heterocycles. The largest absolute Gasteiger partial charge is 0.416 e. The molecule has 204 valence electrons. The molecule has 34 heavy (non-hydrogen) atoms. The minimum absolute atomic E-state index is 0.296. The number of hydrogen-bond acceptors (Lipinski definition) is 10. The third-order valence-electron chi connectivity index (χ3n) is 4.95. The molecular formula is C16H48O10Si8. The van der Waals surface area contributed by atoms with Crippen molar-refractivity contribution in [3.8, 4) is 0 Å². The first-order valence-electron chi connectivity index (χ1n) is 11.8. The fourth-order valence-electron chi connectivity index (χ4n) is 4.52. The van der Waals surface area contributed by atoms with Crippen molar-refractivity contribution in [1.29, 1.82) is 0 Å². The summed E-state index contributed by atoms with van der Waals surface area (Å²) in [6, 6.07) is 1.19. The first-order chi connectivity index (χ1) is 14.7. The molecule has 0 aromatic carbocycles. The van der Waals surface area contributed by atoms with Gasteiger partial charge in [-0.2, -0.15) is 0 Å². The lowest BCUT2D eigenvalue weighted by Crippen LogP contribution is -2.60. The molecule has 0 aliphatic carbocycles. The summed E-state index contributed by atoms with van der Waals surface area (Å²) in [5, 5.41) is 0. The lowest BCUT2D eigenvalue weighted by molar-refractivity contribution is 0.259. The quantitative estimate of drug-likeness (QED) is 0.298. The Labute approximate surface area is 214 Å². The lowest BCUT2D eigenvalue weighted by Gasteiger charge is -2.42. The normalized spacial score (nSPS) is 42.4. The van der Waals surface area contributed by atoms with Crippen LogP contribution in [0.4, 0.5) is 0 Å². The molecule has 0 amide bonds. The van der Waals surface area contributed by atoms with Gasteiger partial charge in [-0.15, -0.1) is 0 Å². The average Bonchev–Trinajstić information content (AvgIpc) is 2.43. The Morgan fingerprint density at radius 3 is 0.618 bits per heavy atom. The summed E-state index contributed by atoms with van der Waals surface area (Å²) in [6.45, 7) is 21.6. The summed E-state index contributed by atoms with van der Waals surface area (Å²) in [4.78, 5) is 44.3. The van der Waals surface area contributed by atoms with Crippen LogP contribution >= 0.6 is 0 Å². The van der Waals surface area contributed by atoms with Gasteiger partial charge >= 0.3 is 68.5 Å². The highest BCUT2D eigenvalue weighted by molar-refractivity contribution is 6.90. The van der Waals surface area contributed by atoms with Gasteiger partial charge in [0, 0.05) is 0 Å². The third kappa shape index (κ3) is 13.2. The highest BCUT2D eigenvalue weighted by Crippen LogP contribution is 2.31. The van der Waals surface area contributed by atoms with Gasteiger partial charge in [0.2, 0.25) is 0 Å². The molecule has 18 heteroatoms. The Kier molecular flexibility index (Phi) is 10.6.